The molecule has 0 heterocycles. The Morgan fingerprint density at radius 2 is 1.71 bits per heavy atom. The van der Waals surface area contributed by atoms with Gasteiger partial charge in [-0.15, -0.1) is 0 Å². The minimum Gasteiger partial charge on any atom is -0.442 e. The van der Waals surface area contributed by atoms with Crippen molar-refractivity contribution in [2.75, 3.05) is 11.9 Å². The molecule has 0 saturated heterocycles. The number of non-ortho nitro benzene ring substituents is 1. The van der Waals surface area contributed by atoms with Crippen molar-refractivity contribution < 1.29 is 34.3 Å². The number of ether oxygens (including phenoxy) is 1. The number of nitro benzene ring substituents is 1. The number of Topliss-reactive ketones (excluding diaryl/α,β-unsaturated/α-hetero) is 1. The van der Waals surface area contributed by atoms with E-state index in [1.54, 1.807) is 24.3 Å². The van der Waals surface area contributed by atoms with Gasteiger partial charge in [0.2, 0.25) is 5.78 Å². The second-order valence-corrected chi connectivity index (χ2v) is 7.30. The van der Waals surface area contributed by atoms with Gasteiger partial charge in [0.1, 0.15) is 6.10 Å². The van der Waals surface area contributed by atoms with Gasteiger partial charge in [0, 0.05) is 29.9 Å². The monoisotopic (exact) mass is 474 g/mol. The van der Waals surface area contributed by atoms with Crippen molar-refractivity contribution in [1.29, 1.82) is 0 Å². The van der Waals surface area contributed by atoms with E-state index in [1.807, 2.05) is 0 Å². The van der Waals surface area contributed by atoms with Crippen LogP contribution < -0.4 is 16.4 Å². The highest BCUT2D eigenvalue weighted by Gasteiger charge is 2.22. The number of carbonyl (C=O) groups excluding carboxylic acids is 3. The second kappa shape index (κ2) is 12.9. The molecule has 0 aliphatic heterocycles. The van der Waals surface area contributed by atoms with Crippen LogP contribution in [0.2, 0.25) is 0 Å². The van der Waals surface area contributed by atoms with Gasteiger partial charge in [0.25, 0.3) is 11.6 Å². The first-order valence-corrected chi connectivity index (χ1v) is 10.4. The molecule has 6 N–H and O–H groups in total. The molecule has 0 radical (unpaired) electrons. The van der Waals surface area contributed by atoms with E-state index in [4.69, 9.17) is 15.6 Å². The highest BCUT2D eigenvalue weighted by Crippen LogP contribution is 2.16. The van der Waals surface area contributed by atoms with E-state index in [1.165, 1.54) is 12.1 Å². The van der Waals surface area contributed by atoms with Gasteiger partial charge in [0.15, 0.2) is 6.23 Å². The van der Waals surface area contributed by atoms with Crippen molar-refractivity contribution in [3.63, 3.8) is 0 Å². The fraction of sp³-hybridized carbons (Fsp3) is 0.318. The first-order valence-electron chi connectivity index (χ1n) is 10.4. The maximum Gasteiger partial charge on any atom is 0.404 e. The number of nitro groups is 1. The average Bonchev–Trinajstić information content (AvgIpc) is 2.82. The number of ketones is 1. The molecular formula is C22H26N4O8. The summed E-state index contributed by atoms with van der Waals surface area (Å²) in [5.41, 5.74) is 6.16. The smallest absolute Gasteiger partial charge is 0.404 e. The zero-order valence-corrected chi connectivity index (χ0v) is 18.2. The van der Waals surface area contributed by atoms with Crippen LogP contribution in [0.3, 0.4) is 0 Å². The van der Waals surface area contributed by atoms with Crippen molar-refractivity contribution >= 4 is 29.2 Å². The van der Waals surface area contributed by atoms with E-state index in [9.17, 15) is 29.6 Å². The van der Waals surface area contributed by atoms with Gasteiger partial charge in [-0.2, -0.15) is 0 Å². The maximum atomic E-state index is 12.1. The lowest BCUT2D eigenvalue weighted by atomic mass is 10.1. The normalized spacial score (nSPS) is 12.3. The van der Waals surface area contributed by atoms with Crippen molar-refractivity contribution in [2.24, 2.45) is 5.73 Å². The van der Waals surface area contributed by atoms with E-state index >= 15 is 0 Å². The molecule has 2 unspecified atom stereocenters. The van der Waals surface area contributed by atoms with Crippen molar-refractivity contribution in [3.8, 4) is 0 Å². The molecule has 2 aromatic rings. The Morgan fingerprint density at radius 3 is 2.26 bits per heavy atom. The number of hydrogen-bond donors (Lipinski definition) is 5. The van der Waals surface area contributed by atoms with E-state index in [0.717, 1.165) is 12.1 Å². The number of carbonyl (C=O) groups is 3. The minimum absolute atomic E-state index is 0.0271. The van der Waals surface area contributed by atoms with Gasteiger partial charge in [-0.1, -0.05) is 12.1 Å². The van der Waals surface area contributed by atoms with Crippen LogP contribution in [0.4, 0.5) is 16.2 Å². The van der Waals surface area contributed by atoms with E-state index in [2.05, 4.69) is 10.6 Å². The molecule has 0 bridgehead atoms. The number of rotatable bonds is 13. The topological polar surface area (TPSA) is 194 Å². The summed E-state index contributed by atoms with van der Waals surface area (Å²) in [6.45, 7) is 0.0270. The van der Waals surface area contributed by atoms with E-state index in [0.29, 0.717) is 24.1 Å². The first kappa shape index (κ1) is 26.2. The largest absolute Gasteiger partial charge is 0.442 e. The van der Waals surface area contributed by atoms with Crippen molar-refractivity contribution in [3.05, 3.63) is 69.8 Å². The maximum absolute atomic E-state index is 12.1. The van der Waals surface area contributed by atoms with Gasteiger partial charge >= 0.3 is 6.09 Å². The molecule has 0 aromatic heterocycles. The molecular weight excluding hydrogens is 448 g/mol. The first-order chi connectivity index (χ1) is 16.2. The Morgan fingerprint density at radius 1 is 1.06 bits per heavy atom. The lowest BCUT2D eigenvalue weighted by Gasteiger charge is -2.24. The third-order valence-electron chi connectivity index (χ3n) is 4.82. The highest BCUT2D eigenvalue weighted by atomic mass is 16.6. The summed E-state index contributed by atoms with van der Waals surface area (Å²) < 4.78 is 4.98. The predicted octanol–water partition coefficient (Wildman–Crippen LogP) is 1.45. The highest BCUT2D eigenvalue weighted by molar-refractivity contribution is 6.42. The van der Waals surface area contributed by atoms with Gasteiger partial charge in [0.05, 0.1) is 11.5 Å². The number of aliphatic hydroxyl groups excluding tert-OH is 2. The third-order valence-corrected chi connectivity index (χ3v) is 4.82. The molecule has 0 aliphatic rings. The van der Waals surface area contributed by atoms with Crippen LogP contribution >= 0.6 is 0 Å². The standard InChI is InChI=1S/C22H26N4O8/c23-22(31)34-18(20(29)25-16-8-4-14(13-27)5-9-16)3-1-2-12-24-21(30)19(28)15-6-10-17(11-7-15)26(32)33/h4-11,18,20,25,27,29H,1-3,12-13H2,(H2,23,31)(H,24,30). The number of aliphatic hydroxyl groups is 2. The van der Waals surface area contributed by atoms with Crippen molar-refractivity contribution in [2.45, 2.75) is 38.2 Å². The van der Waals surface area contributed by atoms with Gasteiger partial charge in [-0.3, -0.25) is 19.7 Å². The van der Waals surface area contributed by atoms with Gasteiger partial charge in [-0.25, -0.2) is 4.79 Å². The number of benzene rings is 2. The Bertz CT molecular complexity index is 995. The molecule has 2 aromatic carbocycles. The van der Waals surface area contributed by atoms with Crippen LogP contribution in [0.25, 0.3) is 0 Å². The molecule has 2 amide bonds. The Balaban J connectivity index is 1.79. The fourth-order valence-corrected chi connectivity index (χ4v) is 3.02. The number of amides is 2. The summed E-state index contributed by atoms with van der Waals surface area (Å²) in [6.07, 6.45) is -2.22. The third kappa shape index (κ3) is 8.15. The van der Waals surface area contributed by atoms with E-state index < -0.39 is 35.0 Å². The van der Waals surface area contributed by atoms with Crippen LogP contribution in [0.15, 0.2) is 48.5 Å². The number of nitrogens with zero attached hydrogens (tertiary/aromatic N) is 1. The number of primary amides is 1. The van der Waals surface area contributed by atoms with E-state index in [-0.39, 0.29) is 30.8 Å². The molecule has 0 aliphatic carbocycles. The quantitative estimate of drug-likeness (QED) is 0.0713. The van der Waals surface area contributed by atoms with Crippen molar-refractivity contribution in [1.82, 2.24) is 5.32 Å². The summed E-state index contributed by atoms with van der Waals surface area (Å²) in [5, 5.41) is 35.4. The summed E-state index contributed by atoms with van der Waals surface area (Å²) in [6, 6.07) is 11.3. The second-order valence-electron chi connectivity index (χ2n) is 7.30. The zero-order chi connectivity index (χ0) is 25.1. The zero-order valence-electron chi connectivity index (χ0n) is 18.2. The summed E-state index contributed by atoms with van der Waals surface area (Å²) in [7, 11) is 0. The molecule has 0 spiro atoms. The number of anilines is 1. The predicted molar refractivity (Wildman–Crippen MR) is 121 cm³/mol. The number of nitrogens with two attached hydrogens (primary N) is 1. The van der Waals surface area contributed by atoms with Crippen LogP contribution in [-0.2, 0) is 16.1 Å². The Labute approximate surface area is 194 Å². The van der Waals surface area contributed by atoms with Gasteiger partial charge < -0.3 is 31.3 Å². The molecule has 182 valence electrons. The van der Waals surface area contributed by atoms with Crippen LogP contribution in [-0.4, -0.2) is 51.8 Å². The van der Waals surface area contributed by atoms with Gasteiger partial charge in [-0.05, 0) is 49.1 Å². The summed E-state index contributed by atoms with van der Waals surface area (Å²) in [5.74, 6) is -1.68. The summed E-state index contributed by atoms with van der Waals surface area (Å²) >= 11 is 0. The Kier molecular flexibility index (Phi) is 9.92. The number of hydrogen-bond acceptors (Lipinski definition) is 9. The lowest BCUT2D eigenvalue weighted by molar-refractivity contribution is -0.384. The van der Waals surface area contributed by atoms with Crippen LogP contribution in [0.1, 0.15) is 35.2 Å². The molecule has 34 heavy (non-hydrogen) atoms. The summed E-state index contributed by atoms with van der Waals surface area (Å²) in [4.78, 5) is 45.4. The SMILES string of the molecule is NC(=O)OC(CCCCNC(=O)C(=O)c1ccc([N+](=O)[O-])cc1)C(O)Nc1ccc(CO)cc1. The lowest BCUT2D eigenvalue weighted by Crippen LogP contribution is -2.38. The number of nitrogens with one attached hydrogen (secondary N) is 2. The molecule has 2 atom stereocenters. The minimum atomic E-state index is -1.26. The molecule has 0 saturated carbocycles. The van der Waals surface area contributed by atoms with Crippen LogP contribution in [0, 0.1) is 10.1 Å². The molecule has 0 fully saturated rings. The molecule has 2 rings (SSSR count). The van der Waals surface area contributed by atoms with Crippen LogP contribution in [0.5, 0.6) is 0 Å². The molecule has 12 nitrogen and oxygen atoms in total. The fourth-order valence-electron chi connectivity index (χ4n) is 3.02. The average molecular weight is 474 g/mol. The number of unbranched alkanes of at least 4 members (excludes halogenated alkanes) is 1. The Hall–Kier alpha value is -4.03. The molecule has 12 heteroatoms.